The molecule has 8 heteroatoms. The second kappa shape index (κ2) is 4.63. The molecule has 86 valence electrons. The summed E-state index contributed by atoms with van der Waals surface area (Å²) in [5.41, 5.74) is 0.478. The zero-order chi connectivity index (χ0) is 10.9. The standard InChI is InChI=1S/C7H10N2O4S.ClH/c1-5-3-9(4-6(10)11)7(8-5)14(2,12)13;/h3H,4H2,1-2H3,(H,10,11);1H. The van der Waals surface area contributed by atoms with Crippen LogP contribution in [-0.4, -0.2) is 35.3 Å². The van der Waals surface area contributed by atoms with Crippen LogP contribution in [0.2, 0.25) is 0 Å². The third-order valence-electron chi connectivity index (χ3n) is 1.50. The zero-order valence-corrected chi connectivity index (χ0v) is 9.80. The topological polar surface area (TPSA) is 89.3 Å². The molecule has 0 atom stereocenters. The van der Waals surface area contributed by atoms with Crippen LogP contribution in [0.3, 0.4) is 0 Å². The van der Waals surface area contributed by atoms with Crippen molar-refractivity contribution in [1.82, 2.24) is 9.55 Å². The number of carboxylic acid groups (broad SMARTS) is 1. The molecule has 1 rings (SSSR count). The molecule has 1 heterocycles. The minimum atomic E-state index is -3.47. The summed E-state index contributed by atoms with van der Waals surface area (Å²) in [7, 11) is -3.47. The first-order valence-corrected chi connectivity index (χ1v) is 5.65. The molecule has 1 aromatic rings. The average Bonchev–Trinajstić information content (AvgIpc) is 2.28. The van der Waals surface area contributed by atoms with Gasteiger partial charge in [-0.1, -0.05) is 0 Å². The number of hydrogen-bond acceptors (Lipinski definition) is 4. The molecule has 0 saturated carbocycles. The Morgan fingerprint density at radius 3 is 2.53 bits per heavy atom. The Bertz CT molecular complexity index is 465. The van der Waals surface area contributed by atoms with Crippen LogP contribution in [0.1, 0.15) is 5.69 Å². The quantitative estimate of drug-likeness (QED) is 0.826. The SMILES string of the molecule is Cc1cn(CC(=O)O)c(S(C)(=O)=O)n1.Cl. The van der Waals surface area contributed by atoms with Gasteiger partial charge in [-0.2, -0.15) is 0 Å². The van der Waals surface area contributed by atoms with Crippen LogP contribution in [0.4, 0.5) is 0 Å². The van der Waals surface area contributed by atoms with E-state index in [4.69, 9.17) is 5.11 Å². The van der Waals surface area contributed by atoms with Crippen molar-refractivity contribution in [1.29, 1.82) is 0 Å². The van der Waals surface area contributed by atoms with Crippen LogP contribution >= 0.6 is 12.4 Å². The first-order valence-electron chi connectivity index (χ1n) is 3.76. The molecule has 0 aliphatic rings. The number of nitrogens with zero attached hydrogens (tertiary/aromatic N) is 2. The van der Waals surface area contributed by atoms with E-state index >= 15 is 0 Å². The van der Waals surface area contributed by atoms with Gasteiger partial charge in [-0.3, -0.25) is 4.79 Å². The van der Waals surface area contributed by atoms with Gasteiger partial charge in [0.2, 0.25) is 15.0 Å². The highest BCUT2D eigenvalue weighted by Crippen LogP contribution is 2.08. The number of carboxylic acids is 1. The van der Waals surface area contributed by atoms with Gasteiger partial charge in [0.25, 0.3) is 0 Å². The predicted octanol–water partition coefficient (Wildman–Crippen LogP) is 0.101. The van der Waals surface area contributed by atoms with Gasteiger partial charge in [0, 0.05) is 12.5 Å². The van der Waals surface area contributed by atoms with E-state index in [1.54, 1.807) is 6.92 Å². The molecule has 0 aromatic carbocycles. The van der Waals surface area contributed by atoms with Crippen molar-refractivity contribution >= 4 is 28.2 Å². The van der Waals surface area contributed by atoms with E-state index in [0.29, 0.717) is 5.69 Å². The summed E-state index contributed by atoms with van der Waals surface area (Å²) in [5.74, 6) is -1.10. The van der Waals surface area contributed by atoms with Crippen molar-refractivity contribution in [2.75, 3.05) is 6.26 Å². The van der Waals surface area contributed by atoms with Crippen LogP contribution in [0, 0.1) is 6.92 Å². The predicted molar refractivity (Wildman–Crippen MR) is 55.0 cm³/mol. The molecule has 6 nitrogen and oxygen atoms in total. The molecule has 0 spiro atoms. The molecule has 0 aliphatic heterocycles. The van der Waals surface area contributed by atoms with Crippen LogP contribution < -0.4 is 0 Å². The normalized spacial score (nSPS) is 10.8. The Hall–Kier alpha value is -1.08. The lowest BCUT2D eigenvalue weighted by Crippen LogP contribution is -2.14. The third-order valence-corrected chi connectivity index (χ3v) is 2.49. The molecule has 15 heavy (non-hydrogen) atoms. The molecule has 0 amide bonds. The maximum atomic E-state index is 11.2. The van der Waals surface area contributed by atoms with Gasteiger partial charge in [0.1, 0.15) is 6.54 Å². The van der Waals surface area contributed by atoms with E-state index in [0.717, 1.165) is 10.8 Å². The fourth-order valence-electron chi connectivity index (χ4n) is 1.08. The molecule has 0 bridgehead atoms. The van der Waals surface area contributed by atoms with E-state index < -0.39 is 22.4 Å². The lowest BCUT2D eigenvalue weighted by molar-refractivity contribution is -0.137. The van der Waals surface area contributed by atoms with Gasteiger partial charge in [-0.15, -0.1) is 12.4 Å². The van der Waals surface area contributed by atoms with E-state index in [1.807, 2.05) is 0 Å². The van der Waals surface area contributed by atoms with Gasteiger partial charge in [-0.25, -0.2) is 13.4 Å². The monoisotopic (exact) mass is 254 g/mol. The van der Waals surface area contributed by atoms with Gasteiger partial charge >= 0.3 is 5.97 Å². The van der Waals surface area contributed by atoms with Crippen LogP contribution in [0.5, 0.6) is 0 Å². The minimum Gasteiger partial charge on any atom is -0.480 e. The third kappa shape index (κ3) is 3.52. The van der Waals surface area contributed by atoms with Crippen molar-refractivity contribution in [2.24, 2.45) is 0 Å². The number of hydrogen-bond donors (Lipinski definition) is 1. The van der Waals surface area contributed by atoms with Gasteiger partial charge in [-0.05, 0) is 6.92 Å². The van der Waals surface area contributed by atoms with Crippen molar-refractivity contribution in [3.8, 4) is 0 Å². The van der Waals surface area contributed by atoms with Crippen molar-refractivity contribution < 1.29 is 18.3 Å². The number of aromatic nitrogens is 2. The minimum absolute atomic E-state index is 0. The highest BCUT2D eigenvalue weighted by molar-refractivity contribution is 7.90. The molecule has 1 N–H and O–H groups in total. The summed E-state index contributed by atoms with van der Waals surface area (Å²) in [6.07, 6.45) is 2.39. The average molecular weight is 255 g/mol. The number of halogens is 1. The van der Waals surface area contributed by atoms with Gasteiger partial charge < -0.3 is 9.67 Å². The largest absolute Gasteiger partial charge is 0.480 e. The fraction of sp³-hybridized carbons (Fsp3) is 0.429. The van der Waals surface area contributed by atoms with Crippen molar-refractivity contribution in [2.45, 2.75) is 18.6 Å². The first kappa shape index (κ1) is 13.9. The number of aliphatic carboxylic acids is 1. The lowest BCUT2D eigenvalue weighted by Gasteiger charge is -2.01. The molecular formula is C7H11ClN2O4S. The number of aryl methyl sites for hydroxylation is 1. The van der Waals surface area contributed by atoms with Gasteiger partial charge in [0.15, 0.2) is 0 Å². The summed E-state index contributed by atoms with van der Waals surface area (Å²) >= 11 is 0. The Morgan fingerprint density at radius 1 is 1.60 bits per heavy atom. The maximum Gasteiger partial charge on any atom is 0.323 e. The van der Waals surface area contributed by atoms with Crippen LogP contribution in [-0.2, 0) is 21.2 Å². The van der Waals surface area contributed by atoms with Crippen molar-refractivity contribution in [3.05, 3.63) is 11.9 Å². The zero-order valence-electron chi connectivity index (χ0n) is 8.17. The summed E-state index contributed by atoms with van der Waals surface area (Å²) in [5, 5.41) is 8.31. The molecular weight excluding hydrogens is 244 g/mol. The van der Waals surface area contributed by atoms with E-state index in [9.17, 15) is 13.2 Å². The summed E-state index contributed by atoms with van der Waals surface area (Å²) in [4.78, 5) is 14.2. The number of sulfone groups is 1. The molecule has 0 unspecified atom stereocenters. The molecule has 1 aromatic heterocycles. The van der Waals surface area contributed by atoms with Crippen LogP contribution in [0.25, 0.3) is 0 Å². The highest BCUT2D eigenvalue weighted by Gasteiger charge is 2.17. The summed E-state index contributed by atoms with van der Waals surface area (Å²) < 4.78 is 23.4. The van der Waals surface area contributed by atoms with E-state index in [1.165, 1.54) is 6.20 Å². The smallest absolute Gasteiger partial charge is 0.323 e. The maximum absolute atomic E-state index is 11.2. The first-order chi connectivity index (χ1) is 6.30. The highest BCUT2D eigenvalue weighted by atomic mass is 35.5. The second-order valence-corrected chi connectivity index (χ2v) is 4.87. The van der Waals surface area contributed by atoms with Crippen molar-refractivity contribution in [3.63, 3.8) is 0 Å². The molecule has 0 saturated heterocycles. The van der Waals surface area contributed by atoms with Crippen LogP contribution in [0.15, 0.2) is 11.4 Å². The number of imidazole rings is 1. The van der Waals surface area contributed by atoms with E-state index in [-0.39, 0.29) is 17.6 Å². The summed E-state index contributed by atoms with van der Waals surface area (Å²) in [6, 6.07) is 0. The lowest BCUT2D eigenvalue weighted by atomic mass is 10.5. The van der Waals surface area contributed by atoms with Gasteiger partial charge in [0.05, 0.1) is 5.69 Å². The fourth-order valence-corrected chi connectivity index (χ4v) is 1.93. The second-order valence-electron chi connectivity index (χ2n) is 2.96. The Kier molecular flexibility index (Phi) is 4.29. The van der Waals surface area contributed by atoms with E-state index in [2.05, 4.69) is 4.98 Å². The molecule has 0 aliphatic carbocycles. The summed E-state index contributed by atoms with van der Waals surface area (Å²) in [6.45, 7) is 1.20. The Morgan fingerprint density at radius 2 is 2.13 bits per heavy atom. The molecule has 0 radical (unpaired) electrons. The molecule has 0 fully saturated rings. The number of carbonyl (C=O) groups is 1. The Balaban J connectivity index is 0.00000196. The Labute approximate surface area is 93.3 Å². The number of rotatable bonds is 3.